The first kappa shape index (κ1) is 14.4. The second-order valence-electron chi connectivity index (χ2n) is 5.43. The van der Waals surface area contributed by atoms with Crippen LogP contribution >= 0.6 is 0 Å². The number of benzene rings is 1. The summed E-state index contributed by atoms with van der Waals surface area (Å²) in [6.07, 6.45) is 6.74. The van der Waals surface area contributed by atoms with Gasteiger partial charge in [-0.3, -0.25) is 0 Å². The lowest BCUT2D eigenvalue weighted by Crippen LogP contribution is -2.07. The molecule has 3 heteroatoms. The van der Waals surface area contributed by atoms with Crippen LogP contribution in [-0.2, 0) is 17.8 Å². The van der Waals surface area contributed by atoms with Crippen LogP contribution in [0, 0.1) is 0 Å². The lowest BCUT2D eigenvalue weighted by Gasteiger charge is -2.24. The maximum absolute atomic E-state index is 10.4. The highest BCUT2D eigenvalue weighted by Gasteiger charge is 2.21. The summed E-state index contributed by atoms with van der Waals surface area (Å²) in [7, 11) is 1.64. The maximum atomic E-state index is 10.4. The van der Waals surface area contributed by atoms with Crippen molar-refractivity contribution in [1.82, 2.24) is 0 Å². The molecule has 0 unspecified atom stereocenters. The Morgan fingerprint density at radius 1 is 1.21 bits per heavy atom. The molecule has 0 radical (unpaired) electrons. The Kier molecular flexibility index (Phi) is 5.23. The van der Waals surface area contributed by atoms with E-state index in [1.807, 2.05) is 6.07 Å². The third kappa shape index (κ3) is 3.48. The molecule has 0 heterocycles. The van der Waals surface area contributed by atoms with Gasteiger partial charge in [0.25, 0.3) is 0 Å². The molecule has 1 aromatic carbocycles. The van der Waals surface area contributed by atoms with Crippen LogP contribution in [0.1, 0.15) is 54.7 Å². The van der Waals surface area contributed by atoms with Crippen LogP contribution in [0.2, 0.25) is 0 Å². The fourth-order valence-corrected chi connectivity index (χ4v) is 3.05. The number of aliphatic hydroxyl groups is 1. The molecule has 0 spiro atoms. The van der Waals surface area contributed by atoms with Crippen LogP contribution in [0.5, 0.6) is 5.75 Å². The summed E-state index contributed by atoms with van der Waals surface area (Å²) in [6.45, 7) is 0.562. The largest absolute Gasteiger partial charge is 0.507 e. The molecule has 106 valence electrons. The fraction of sp³-hybridized carbons (Fsp3) is 0.625. The standard InChI is InChI=1S/C16H24O3/c1-19-11-14-9-12(7-8-17)10-15(16(14)18)13-5-3-2-4-6-13/h9-10,13,17-18H,2-8,11H2,1H3. The summed E-state index contributed by atoms with van der Waals surface area (Å²) in [5.41, 5.74) is 2.99. The van der Waals surface area contributed by atoms with E-state index >= 15 is 0 Å². The molecule has 2 N–H and O–H groups in total. The van der Waals surface area contributed by atoms with Gasteiger partial charge in [0, 0.05) is 19.3 Å². The van der Waals surface area contributed by atoms with Gasteiger partial charge in [-0.05, 0) is 42.4 Å². The molecule has 0 bridgehead atoms. The Morgan fingerprint density at radius 2 is 1.95 bits per heavy atom. The first-order chi connectivity index (χ1) is 9.26. The van der Waals surface area contributed by atoms with Gasteiger partial charge in [0.05, 0.1) is 6.61 Å². The molecular formula is C16H24O3. The summed E-state index contributed by atoms with van der Waals surface area (Å²) in [4.78, 5) is 0. The van der Waals surface area contributed by atoms with E-state index in [9.17, 15) is 5.11 Å². The molecule has 1 saturated carbocycles. The number of phenolic OH excluding ortho intramolecular Hbond substituents is 1. The number of aromatic hydroxyl groups is 1. The van der Waals surface area contributed by atoms with E-state index in [2.05, 4.69) is 6.07 Å². The SMILES string of the molecule is COCc1cc(CCO)cc(C2CCCCC2)c1O. The van der Waals surface area contributed by atoms with E-state index in [0.29, 0.717) is 24.7 Å². The molecule has 1 aliphatic carbocycles. The molecule has 2 rings (SSSR count). The van der Waals surface area contributed by atoms with Crippen molar-refractivity contribution in [2.45, 2.75) is 51.0 Å². The van der Waals surface area contributed by atoms with E-state index in [1.165, 1.54) is 19.3 Å². The molecule has 0 aliphatic heterocycles. The Balaban J connectivity index is 2.32. The molecule has 1 fully saturated rings. The van der Waals surface area contributed by atoms with Gasteiger partial charge < -0.3 is 14.9 Å². The topological polar surface area (TPSA) is 49.7 Å². The maximum Gasteiger partial charge on any atom is 0.124 e. The predicted octanol–water partition coefficient (Wildman–Crippen LogP) is 3.12. The van der Waals surface area contributed by atoms with Crippen LogP contribution in [0.15, 0.2) is 12.1 Å². The zero-order valence-electron chi connectivity index (χ0n) is 11.7. The highest BCUT2D eigenvalue weighted by Crippen LogP contribution is 2.39. The van der Waals surface area contributed by atoms with Crippen molar-refractivity contribution in [3.8, 4) is 5.75 Å². The number of phenols is 1. The highest BCUT2D eigenvalue weighted by molar-refractivity contribution is 5.45. The second kappa shape index (κ2) is 6.92. The minimum atomic E-state index is 0.140. The minimum absolute atomic E-state index is 0.140. The van der Waals surface area contributed by atoms with Crippen LogP contribution in [0.3, 0.4) is 0 Å². The van der Waals surface area contributed by atoms with Crippen molar-refractivity contribution in [3.05, 3.63) is 28.8 Å². The van der Waals surface area contributed by atoms with Crippen molar-refractivity contribution >= 4 is 0 Å². The van der Waals surface area contributed by atoms with Crippen molar-refractivity contribution < 1.29 is 14.9 Å². The van der Waals surface area contributed by atoms with Gasteiger partial charge in [-0.25, -0.2) is 0 Å². The number of methoxy groups -OCH3 is 1. The molecule has 3 nitrogen and oxygen atoms in total. The molecule has 1 aromatic rings. The van der Waals surface area contributed by atoms with E-state index in [0.717, 1.165) is 29.5 Å². The van der Waals surface area contributed by atoms with Crippen LogP contribution in [0.4, 0.5) is 0 Å². The van der Waals surface area contributed by atoms with Gasteiger partial charge in [-0.2, -0.15) is 0 Å². The fourth-order valence-electron chi connectivity index (χ4n) is 3.05. The summed E-state index contributed by atoms with van der Waals surface area (Å²) in [5, 5.41) is 19.5. The number of hydrogen-bond acceptors (Lipinski definition) is 3. The summed E-state index contributed by atoms with van der Waals surface area (Å²) < 4.78 is 5.16. The number of hydrogen-bond donors (Lipinski definition) is 2. The predicted molar refractivity (Wildman–Crippen MR) is 75.4 cm³/mol. The number of rotatable bonds is 5. The van der Waals surface area contributed by atoms with Crippen LogP contribution in [-0.4, -0.2) is 23.9 Å². The van der Waals surface area contributed by atoms with Crippen molar-refractivity contribution in [1.29, 1.82) is 0 Å². The van der Waals surface area contributed by atoms with Crippen LogP contribution < -0.4 is 0 Å². The first-order valence-electron chi connectivity index (χ1n) is 7.20. The average Bonchev–Trinajstić information content (AvgIpc) is 2.44. The highest BCUT2D eigenvalue weighted by atomic mass is 16.5. The van der Waals surface area contributed by atoms with Gasteiger partial charge in [0.15, 0.2) is 0 Å². The summed E-state index contributed by atoms with van der Waals surface area (Å²) in [6, 6.07) is 4.02. The molecule has 0 aromatic heterocycles. The van der Waals surface area contributed by atoms with Gasteiger partial charge in [0.2, 0.25) is 0 Å². The Hall–Kier alpha value is -1.06. The molecular weight excluding hydrogens is 240 g/mol. The minimum Gasteiger partial charge on any atom is -0.507 e. The average molecular weight is 264 g/mol. The normalized spacial score (nSPS) is 16.7. The van der Waals surface area contributed by atoms with Gasteiger partial charge in [-0.15, -0.1) is 0 Å². The Morgan fingerprint density at radius 3 is 2.58 bits per heavy atom. The molecule has 0 atom stereocenters. The second-order valence-corrected chi connectivity index (χ2v) is 5.43. The van der Waals surface area contributed by atoms with E-state index in [4.69, 9.17) is 9.84 Å². The zero-order valence-corrected chi connectivity index (χ0v) is 11.7. The number of aliphatic hydroxyl groups excluding tert-OH is 1. The quantitative estimate of drug-likeness (QED) is 0.859. The molecule has 0 amide bonds. The van der Waals surface area contributed by atoms with E-state index < -0.39 is 0 Å². The third-order valence-corrected chi connectivity index (χ3v) is 4.02. The monoisotopic (exact) mass is 264 g/mol. The van der Waals surface area contributed by atoms with E-state index in [1.54, 1.807) is 7.11 Å². The van der Waals surface area contributed by atoms with Crippen molar-refractivity contribution in [2.24, 2.45) is 0 Å². The molecule has 0 saturated heterocycles. The van der Waals surface area contributed by atoms with Gasteiger partial charge >= 0.3 is 0 Å². The Labute approximate surface area is 115 Å². The van der Waals surface area contributed by atoms with Gasteiger partial charge in [0.1, 0.15) is 5.75 Å². The van der Waals surface area contributed by atoms with Gasteiger partial charge in [-0.1, -0.05) is 25.3 Å². The van der Waals surface area contributed by atoms with Crippen molar-refractivity contribution in [2.75, 3.05) is 13.7 Å². The van der Waals surface area contributed by atoms with Crippen LogP contribution in [0.25, 0.3) is 0 Å². The molecule has 19 heavy (non-hydrogen) atoms. The Bertz CT molecular complexity index is 409. The third-order valence-electron chi connectivity index (χ3n) is 4.02. The number of ether oxygens (including phenoxy) is 1. The smallest absolute Gasteiger partial charge is 0.124 e. The molecule has 1 aliphatic rings. The lowest BCUT2D eigenvalue weighted by molar-refractivity contribution is 0.181. The zero-order chi connectivity index (χ0) is 13.7. The lowest BCUT2D eigenvalue weighted by atomic mass is 9.82. The first-order valence-corrected chi connectivity index (χ1v) is 7.20. The summed E-state index contributed by atoms with van der Waals surface area (Å²) >= 11 is 0. The van der Waals surface area contributed by atoms with Crippen molar-refractivity contribution in [3.63, 3.8) is 0 Å². The summed E-state index contributed by atoms with van der Waals surface area (Å²) in [5.74, 6) is 0.860. The van der Waals surface area contributed by atoms with E-state index in [-0.39, 0.29) is 6.61 Å².